The summed E-state index contributed by atoms with van der Waals surface area (Å²) in [6.45, 7) is 0. The van der Waals surface area contributed by atoms with Gasteiger partial charge in [-0.05, 0) is 36.4 Å². The van der Waals surface area contributed by atoms with Gasteiger partial charge in [-0.2, -0.15) is 0 Å². The average Bonchev–Trinajstić information content (AvgIpc) is 2.95. The summed E-state index contributed by atoms with van der Waals surface area (Å²) in [4.78, 5) is 23.6. The van der Waals surface area contributed by atoms with Crippen LogP contribution < -0.4 is 9.64 Å². The fraction of sp³-hybridized carbons (Fsp3) is 0.211. The van der Waals surface area contributed by atoms with E-state index in [9.17, 15) is 4.79 Å². The molecule has 0 spiro atoms. The van der Waals surface area contributed by atoms with Gasteiger partial charge in [0.15, 0.2) is 0 Å². The number of carbonyl (C=O) groups excluding carboxylic acids is 1. The summed E-state index contributed by atoms with van der Waals surface area (Å²) < 4.78 is 5.21. The molecule has 4 rings (SSSR count). The van der Waals surface area contributed by atoms with Crippen molar-refractivity contribution in [3.05, 3.63) is 48.5 Å². The Morgan fingerprint density at radius 1 is 1.12 bits per heavy atom. The normalized spacial score (nSPS) is 19.5. The first-order chi connectivity index (χ1) is 12.7. The van der Waals surface area contributed by atoms with Crippen LogP contribution >= 0.6 is 23.4 Å². The number of thioether (sulfide) groups is 1. The van der Waals surface area contributed by atoms with Crippen LogP contribution in [0.15, 0.2) is 58.5 Å². The lowest BCUT2D eigenvalue weighted by molar-refractivity contribution is -0.115. The Bertz CT molecular complexity index is 911. The summed E-state index contributed by atoms with van der Waals surface area (Å²) in [7, 11) is 1.62. The number of nitrogens with zero attached hydrogens (tertiary/aromatic N) is 3. The lowest BCUT2D eigenvalue weighted by Gasteiger charge is -2.25. The molecule has 0 radical (unpaired) electrons. The van der Waals surface area contributed by atoms with Crippen molar-refractivity contribution in [1.29, 1.82) is 0 Å². The number of hydrogen-bond donors (Lipinski definition) is 0. The molecular weight excluding hydrogens is 370 g/mol. The molecule has 2 aromatic carbocycles. The van der Waals surface area contributed by atoms with Gasteiger partial charge in [-0.25, -0.2) is 4.99 Å². The van der Waals surface area contributed by atoms with Gasteiger partial charge in [-0.1, -0.05) is 23.7 Å². The van der Waals surface area contributed by atoms with Crippen LogP contribution in [0.25, 0.3) is 0 Å². The molecule has 0 aromatic heterocycles. The van der Waals surface area contributed by atoms with Gasteiger partial charge in [0.25, 0.3) is 0 Å². The van der Waals surface area contributed by atoms with Crippen LogP contribution in [-0.2, 0) is 4.79 Å². The van der Waals surface area contributed by atoms with Gasteiger partial charge in [-0.3, -0.25) is 14.7 Å². The highest BCUT2D eigenvalue weighted by Gasteiger charge is 2.37. The number of methoxy groups -OCH3 is 1. The first-order valence-corrected chi connectivity index (χ1v) is 9.55. The number of halogens is 1. The number of anilines is 1. The highest BCUT2D eigenvalue weighted by molar-refractivity contribution is 8.02. The lowest BCUT2D eigenvalue weighted by Crippen LogP contribution is -2.38. The van der Waals surface area contributed by atoms with Crippen LogP contribution in [0, 0.1) is 0 Å². The second-order valence-corrected chi connectivity index (χ2v) is 7.39. The number of carbonyl (C=O) groups is 1. The number of rotatable bonds is 3. The largest absolute Gasteiger partial charge is 0.497 e. The van der Waals surface area contributed by atoms with Crippen molar-refractivity contribution < 1.29 is 9.53 Å². The minimum Gasteiger partial charge on any atom is -0.497 e. The van der Waals surface area contributed by atoms with Gasteiger partial charge in [0.05, 0.1) is 29.9 Å². The zero-order chi connectivity index (χ0) is 18.1. The maximum atomic E-state index is 12.6. The molecule has 1 atom stereocenters. The topological polar surface area (TPSA) is 54.3 Å². The Kier molecular flexibility index (Phi) is 4.70. The Hall–Kier alpha value is -2.31. The number of ether oxygens (including phenoxy) is 1. The molecule has 0 saturated carbocycles. The summed E-state index contributed by atoms with van der Waals surface area (Å²) in [6.07, 6.45) is 0.424. The number of para-hydroxylation sites is 2. The molecule has 1 amide bonds. The van der Waals surface area contributed by atoms with E-state index >= 15 is 0 Å². The minimum absolute atomic E-state index is 0.0541. The molecular formula is C19H16ClN3O2S. The molecule has 0 aliphatic carbocycles. The van der Waals surface area contributed by atoms with Crippen LogP contribution in [-0.4, -0.2) is 35.0 Å². The van der Waals surface area contributed by atoms with Crippen LogP contribution in [0.4, 0.5) is 17.1 Å². The van der Waals surface area contributed by atoms with E-state index < -0.39 is 0 Å². The molecule has 2 aromatic rings. The third-order valence-corrected chi connectivity index (χ3v) is 5.65. The molecule has 2 aliphatic heterocycles. The van der Waals surface area contributed by atoms with Crippen LogP contribution in [0.5, 0.6) is 5.75 Å². The molecule has 7 heteroatoms. The maximum Gasteiger partial charge on any atom is 0.238 e. The third kappa shape index (κ3) is 3.22. The predicted molar refractivity (Wildman–Crippen MR) is 108 cm³/mol. The van der Waals surface area contributed by atoms with Crippen molar-refractivity contribution in [3.8, 4) is 5.75 Å². The Morgan fingerprint density at radius 2 is 1.81 bits per heavy atom. The van der Waals surface area contributed by atoms with Crippen molar-refractivity contribution in [2.75, 3.05) is 17.8 Å². The van der Waals surface area contributed by atoms with Gasteiger partial charge in [0.1, 0.15) is 16.3 Å². The van der Waals surface area contributed by atoms with Crippen LogP contribution in [0.1, 0.15) is 6.42 Å². The first kappa shape index (κ1) is 17.1. The molecule has 1 saturated heterocycles. The zero-order valence-corrected chi connectivity index (χ0v) is 15.6. The first-order valence-electron chi connectivity index (χ1n) is 8.13. The molecule has 132 valence electrons. The monoisotopic (exact) mass is 385 g/mol. The van der Waals surface area contributed by atoms with Crippen molar-refractivity contribution >= 4 is 57.2 Å². The second-order valence-electron chi connectivity index (χ2n) is 5.88. The fourth-order valence-electron chi connectivity index (χ4n) is 3.00. The smallest absolute Gasteiger partial charge is 0.238 e. The van der Waals surface area contributed by atoms with E-state index in [0.29, 0.717) is 17.3 Å². The minimum atomic E-state index is -0.203. The number of aliphatic imine (C=N–C) groups is 2. The van der Waals surface area contributed by atoms with Gasteiger partial charge in [0.2, 0.25) is 5.91 Å². The molecule has 1 fully saturated rings. The fourth-order valence-corrected chi connectivity index (χ4v) is 4.39. The van der Waals surface area contributed by atoms with Crippen molar-refractivity contribution in [2.24, 2.45) is 9.98 Å². The number of benzene rings is 2. The van der Waals surface area contributed by atoms with Gasteiger partial charge >= 0.3 is 0 Å². The maximum absolute atomic E-state index is 12.6. The van der Waals surface area contributed by atoms with E-state index in [2.05, 4.69) is 4.99 Å². The van der Waals surface area contributed by atoms with Gasteiger partial charge < -0.3 is 4.74 Å². The van der Waals surface area contributed by atoms with Gasteiger partial charge in [-0.15, -0.1) is 11.8 Å². The van der Waals surface area contributed by atoms with Crippen molar-refractivity contribution in [1.82, 2.24) is 0 Å². The number of fused-ring (bicyclic) bond motifs is 1. The summed E-state index contributed by atoms with van der Waals surface area (Å²) in [5.41, 5.74) is 3.17. The Morgan fingerprint density at radius 3 is 2.50 bits per heavy atom. The van der Waals surface area contributed by atoms with E-state index in [1.165, 1.54) is 0 Å². The second kappa shape index (κ2) is 7.13. The van der Waals surface area contributed by atoms with E-state index in [0.717, 1.165) is 28.5 Å². The molecule has 5 nitrogen and oxygen atoms in total. The molecule has 0 N–H and O–H groups in total. The molecule has 2 heterocycles. The highest BCUT2D eigenvalue weighted by atomic mass is 35.5. The van der Waals surface area contributed by atoms with E-state index in [1.54, 1.807) is 23.8 Å². The van der Waals surface area contributed by atoms with E-state index in [-0.39, 0.29) is 11.3 Å². The summed E-state index contributed by atoms with van der Waals surface area (Å²) in [5, 5.41) is 0.273. The SMILES string of the molecule is COc1ccc(N2C(=O)CSC2C2=Nc3ccccc3N=C(Cl)C2)cc1. The van der Waals surface area contributed by atoms with Crippen molar-refractivity contribution in [3.63, 3.8) is 0 Å². The number of hydrogen-bond acceptors (Lipinski definition) is 5. The van der Waals surface area contributed by atoms with Crippen molar-refractivity contribution in [2.45, 2.75) is 11.8 Å². The van der Waals surface area contributed by atoms with E-state index in [4.69, 9.17) is 21.3 Å². The lowest BCUT2D eigenvalue weighted by atomic mass is 10.2. The number of amides is 1. The Labute approximate surface area is 160 Å². The Balaban J connectivity index is 1.72. The summed E-state index contributed by atoms with van der Waals surface area (Å²) in [5.74, 6) is 1.21. The molecule has 26 heavy (non-hydrogen) atoms. The third-order valence-electron chi connectivity index (χ3n) is 4.22. The van der Waals surface area contributed by atoms with Gasteiger partial charge in [0, 0.05) is 12.1 Å². The zero-order valence-electron chi connectivity index (χ0n) is 14.1. The molecule has 1 unspecified atom stereocenters. The predicted octanol–water partition coefficient (Wildman–Crippen LogP) is 4.55. The van der Waals surface area contributed by atoms with Crippen LogP contribution in [0.2, 0.25) is 0 Å². The quantitative estimate of drug-likeness (QED) is 0.779. The summed E-state index contributed by atoms with van der Waals surface area (Å²) >= 11 is 7.89. The average molecular weight is 386 g/mol. The summed E-state index contributed by atoms with van der Waals surface area (Å²) in [6, 6.07) is 15.1. The molecule has 0 bridgehead atoms. The molecule has 2 aliphatic rings. The highest BCUT2D eigenvalue weighted by Crippen LogP contribution is 2.37. The van der Waals surface area contributed by atoms with E-state index in [1.807, 2.05) is 48.5 Å². The van der Waals surface area contributed by atoms with Crippen LogP contribution in [0.3, 0.4) is 0 Å². The standard InChI is InChI=1S/C19H16ClN3O2S/c1-25-13-8-6-12(7-9-13)23-18(24)11-26-19(23)16-10-17(20)22-15-5-3-2-4-14(15)21-16/h2-9,19H,10-11H2,1H3.